The van der Waals surface area contributed by atoms with Crippen molar-refractivity contribution in [2.75, 3.05) is 26.5 Å². The second-order valence-electron chi connectivity index (χ2n) is 5.31. The standard InChI is InChI=1S/C18H22N4O3.HI/c1-2-19-18(22-12-14-5-3-4-8-20-14)21-9-10-23-15-6-7-16-17(11-15)25-13-24-16;/h3-8,11H,2,9-10,12-13H2,1H3,(H2,19,21,22);1H. The lowest BCUT2D eigenvalue weighted by Gasteiger charge is -2.12. The highest BCUT2D eigenvalue weighted by Crippen LogP contribution is 2.34. The number of halogens is 1. The number of hydrogen-bond acceptors (Lipinski definition) is 5. The minimum atomic E-state index is 0. The molecule has 140 valence electrons. The van der Waals surface area contributed by atoms with Crippen molar-refractivity contribution in [3.63, 3.8) is 0 Å². The van der Waals surface area contributed by atoms with Gasteiger partial charge in [0, 0.05) is 18.8 Å². The molecule has 0 spiro atoms. The number of ether oxygens (including phenoxy) is 3. The summed E-state index contributed by atoms with van der Waals surface area (Å²) in [6.07, 6.45) is 1.77. The van der Waals surface area contributed by atoms with Crippen molar-refractivity contribution in [1.82, 2.24) is 15.6 Å². The fourth-order valence-electron chi connectivity index (χ4n) is 2.30. The fraction of sp³-hybridized carbons (Fsp3) is 0.333. The van der Waals surface area contributed by atoms with Crippen LogP contribution in [0.5, 0.6) is 17.2 Å². The van der Waals surface area contributed by atoms with E-state index in [1.165, 1.54) is 0 Å². The third-order valence-corrected chi connectivity index (χ3v) is 3.48. The largest absolute Gasteiger partial charge is 0.492 e. The highest BCUT2D eigenvalue weighted by atomic mass is 127. The number of nitrogens with one attached hydrogen (secondary N) is 2. The van der Waals surface area contributed by atoms with E-state index in [-0.39, 0.29) is 30.8 Å². The minimum absolute atomic E-state index is 0. The van der Waals surface area contributed by atoms with Gasteiger partial charge < -0.3 is 24.8 Å². The first-order valence-corrected chi connectivity index (χ1v) is 8.29. The predicted molar refractivity (Wildman–Crippen MR) is 111 cm³/mol. The molecule has 2 aromatic rings. The molecule has 0 atom stereocenters. The van der Waals surface area contributed by atoms with E-state index in [4.69, 9.17) is 14.2 Å². The molecule has 3 rings (SSSR count). The number of pyridine rings is 1. The van der Waals surface area contributed by atoms with E-state index < -0.39 is 0 Å². The van der Waals surface area contributed by atoms with Gasteiger partial charge in [-0.1, -0.05) is 6.07 Å². The van der Waals surface area contributed by atoms with Crippen LogP contribution < -0.4 is 24.8 Å². The third-order valence-electron chi connectivity index (χ3n) is 3.48. The van der Waals surface area contributed by atoms with Crippen molar-refractivity contribution < 1.29 is 14.2 Å². The van der Waals surface area contributed by atoms with Gasteiger partial charge in [-0.15, -0.1) is 24.0 Å². The van der Waals surface area contributed by atoms with E-state index in [0.717, 1.165) is 35.4 Å². The van der Waals surface area contributed by atoms with E-state index in [1.54, 1.807) is 6.20 Å². The first-order valence-electron chi connectivity index (χ1n) is 8.29. The topological polar surface area (TPSA) is 77.0 Å². The maximum atomic E-state index is 5.73. The Hall–Kier alpha value is -2.23. The number of hydrogen-bond donors (Lipinski definition) is 2. The zero-order valence-corrected chi connectivity index (χ0v) is 16.9. The Morgan fingerprint density at radius 3 is 2.88 bits per heavy atom. The number of rotatable bonds is 7. The van der Waals surface area contributed by atoms with Gasteiger partial charge in [0.2, 0.25) is 6.79 Å². The first kappa shape index (κ1) is 20.1. The number of aliphatic imine (C=N–C) groups is 1. The van der Waals surface area contributed by atoms with E-state index in [0.29, 0.717) is 19.7 Å². The van der Waals surface area contributed by atoms with Crippen molar-refractivity contribution in [2.24, 2.45) is 4.99 Å². The van der Waals surface area contributed by atoms with E-state index in [1.807, 2.05) is 43.3 Å². The molecular formula is C18H23IN4O3. The summed E-state index contributed by atoms with van der Waals surface area (Å²) in [6, 6.07) is 11.4. The van der Waals surface area contributed by atoms with Crippen molar-refractivity contribution in [1.29, 1.82) is 0 Å². The van der Waals surface area contributed by atoms with Crippen LogP contribution in [0.2, 0.25) is 0 Å². The van der Waals surface area contributed by atoms with Gasteiger partial charge in [-0.05, 0) is 31.2 Å². The monoisotopic (exact) mass is 470 g/mol. The lowest BCUT2D eigenvalue weighted by atomic mass is 10.3. The van der Waals surface area contributed by atoms with Gasteiger partial charge in [-0.25, -0.2) is 4.99 Å². The van der Waals surface area contributed by atoms with Gasteiger partial charge >= 0.3 is 0 Å². The Balaban J connectivity index is 0.00000243. The summed E-state index contributed by atoms with van der Waals surface area (Å²) in [7, 11) is 0. The molecule has 0 saturated carbocycles. The Labute approximate surface area is 170 Å². The highest BCUT2D eigenvalue weighted by Gasteiger charge is 2.13. The van der Waals surface area contributed by atoms with Crippen LogP contribution in [0.15, 0.2) is 47.6 Å². The van der Waals surface area contributed by atoms with Crippen LogP contribution in [0, 0.1) is 0 Å². The highest BCUT2D eigenvalue weighted by molar-refractivity contribution is 14.0. The molecule has 1 aromatic carbocycles. The van der Waals surface area contributed by atoms with Gasteiger partial charge in [-0.2, -0.15) is 0 Å². The number of nitrogens with zero attached hydrogens (tertiary/aromatic N) is 2. The molecule has 0 unspecified atom stereocenters. The van der Waals surface area contributed by atoms with Crippen molar-refractivity contribution in [3.8, 4) is 17.2 Å². The van der Waals surface area contributed by atoms with E-state index in [2.05, 4.69) is 20.6 Å². The Bertz CT molecular complexity index is 713. The summed E-state index contributed by atoms with van der Waals surface area (Å²) < 4.78 is 16.3. The van der Waals surface area contributed by atoms with Gasteiger partial charge in [0.1, 0.15) is 12.4 Å². The zero-order chi connectivity index (χ0) is 17.3. The normalized spacial score (nSPS) is 12.3. The van der Waals surface area contributed by atoms with Crippen LogP contribution in [-0.4, -0.2) is 37.4 Å². The maximum absolute atomic E-state index is 5.73. The van der Waals surface area contributed by atoms with Crippen LogP contribution in [0.1, 0.15) is 12.6 Å². The molecule has 0 radical (unpaired) electrons. The number of guanidine groups is 1. The summed E-state index contributed by atoms with van der Waals surface area (Å²) in [5.41, 5.74) is 0.927. The fourth-order valence-corrected chi connectivity index (χ4v) is 2.30. The third kappa shape index (κ3) is 5.94. The number of fused-ring (bicyclic) bond motifs is 1. The molecule has 0 fully saturated rings. The van der Waals surface area contributed by atoms with E-state index in [9.17, 15) is 0 Å². The Morgan fingerprint density at radius 1 is 1.19 bits per heavy atom. The number of aromatic nitrogens is 1. The average Bonchev–Trinajstić information content (AvgIpc) is 3.12. The summed E-state index contributed by atoms with van der Waals surface area (Å²) >= 11 is 0. The molecule has 1 aromatic heterocycles. The molecule has 8 heteroatoms. The lowest BCUT2D eigenvalue weighted by molar-refractivity contribution is 0.173. The van der Waals surface area contributed by atoms with E-state index >= 15 is 0 Å². The SMILES string of the molecule is CCNC(=NCc1ccccn1)NCCOc1ccc2c(c1)OCO2.I. The molecule has 0 bridgehead atoms. The zero-order valence-electron chi connectivity index (χ0n) is 14.6. The first-order chi connectivity index (χ1) is 12.3. The summed E-state index contributed by atoms with van der Waals surface area (Å²) in [6.45, 7) is 4.74. The Kier molecular flexibility index (Phi) is 8.26. The van der Waals surface area contributed by atoms with Gasteiger partial charge in [0.05, 0.1) is 18.8 Å². The van der Waals surface area contributed by atoms with Gasteiger partial charge in [0.15, 0.2) is 17.5 Å². The van der Waals surface area contributed by atoms with Crippen LogP contribution in [0.4, 0.5) is 0 Å². The molecule has 1 aliphatic heterocycles. The molecule has 2 heterocycles. The minimum Gasteiger partial charge on any atom is -0.492 e. The molecule has 0 amide bonds. The molecule has 7 nitrogen and oxygen atoms in total. The van der Waals surface area contributed by atoms with Gasteiger partial charge in [-0.3, -0.25) is 4.98 Å². The second-order valence-corrected chi connectivity index (χ2v) is 5.31. The van der Waals surface area contributed by atoms with Crippen LogP contribution in [0.3, 0.4) is 0 Å². The molecule has 0 saturated heterocycles. The summed E-state index contributed by atoms with van der Waals surface area (Å²) in [5, 5.41) is 6.45. The van der Waals surface area contributed by atoms with Crippen molar-refractivity contribution in [3.05, 3.63) is 48.3 Å². The second kappa shape index (κ2) is 10.7. The van der Waals surface area contributed by atoms with Crippen molar-refractivity contribution >= 4 is 29.9 Å². The smallest absolute Gasteiger partial charge is 0.231 e. The molecular weight excluding hydrogens is 447 g/mol. The quantitative estimate of drug-likeness (QED) is 0.281. The van der Waals surface area contributed by atoms with Crippen LogP contribution in [-0.2, 0) is 6.54 Å². The van der Waals surface area contributed by atoms with Crippen LogP contribution in [0.25, 0.3) is 0 Å². The number of benzene rings is 1. The van der Waals surface area contributed by atoms with Gasteiger partial charge in [0.25, 0.3) is 0 Å². The summed E-state index contributed by atoms with van der Waals surface area (Å²) in [4.78, 5) is 8.78. The predicted octanol–water partition coefficient (Wildman–Crippen LogP) is 2.56. The molecule has 2 N–H and O–H groups in total. The molecule has 26 heavy (non-hydrogen) atoms. The molecule has 1 aliphatic rings. The molecule has 0 aliphatic carbocycles. The maximum Gasteiger partial charge on any atom is 0.231 e. The van der Waals surface area contributed by atoms with Crippen molar-refractivity contribution in [2.45, 2.75) is 13.5 Å². The van der Waals surface area contributed by atoms with Crippen LogP contribution >= 0.6 is 24.0 Å². The lowest BCUT2D eigenvalue weighted by Crippen LogP contribution is -2.39. The average molecular weight is 470 g/mol. The Morgan fingerprint density at radius 2 is 2.08 bits per heavy atom. The summed E-state index contributed by atoms with van der Waals surface area (Å²) in [5.74, 6) is 2.96.